The number of aromatic nitrogens is 3. The molecule has 1 aromatic heterocycles. The highest BCUT2D eigenvalue weighted by Crippen LogP contribution is 2.19. The van der Waals surface area contributed by atoms with Crippen molar-refractivity contribution >= 4 is 5.97 Å². The SMILES string of the molecule is NC(Cc1cn(CCC(F)(F)F)nn1)C(=O)O. The molecule has 0 saturated carbocycles. The number of nitrogens with two attached hydrogens (primary N) is 1. The summed E-state index contributed by atoms with van der Waals surface area (Å²) in [5, 5.41) is 15.5. The second-order valence-corrected chi connectivity index (χ2v) is 3.49. The molecule has 96 valence electrons. The summed E-state index contributed by atoms with van der Waals surface area (Å²) < 4.78 is 36.7. The highest BCUT2D eigenvalue weighted by molar-refractivity contribution is 5.73. The van der Waals surface area contributed by atoms with E-state index in [4.69, 9.17) is 10.8 Å². The number of rotatable bonds is 5. The summed E-state index contributed by atoms with van der Waals surface area (Å²) in [6, 6.07) is -1.14. The average Bonchev–Trinajstić information content (AvgIpc) is 2.61. The van der Waals surface area contributed by atoms with Crippen LogP contribution in [0, 0.1) is 0 Å². The summed E-state index contributed by atoms with van der Waals surface area (Å²) in [6.45, 7) is -0.348. The van der Waals surface area contributed by atoms with Crippen LogP contribution < -0.4 is 5.73 Å². The molecule has 17 heavy (non-hydrogen) atoms. The molecule has 0 spiro atoms. The van der Waals surface area contributed by atoms with Crippen molar-refractivity contribution in [2.45, 2.75) is 31.6 Å². The first-order valence-electron chi connectivity index (χ1n) is 4.72. The van der Waals surface area contributed by atoms with Gasteiger partial charge in [0.05, 0.1) is 18.7 Å². The van der Waals surface area contributed by atoms with Gasteiger partial charge >= 0.3 is 12.1 Å². The van der Waals surface area contributed by atoms with Crippen molar-refractivity contribution in [2.75, 3.05) is 0 Å². The van der Waals surface area contributed by atoms with Crippen LogP contribution in [-0.4, -0.2) is 38.3 Å². The van der Waals surface area contributed by atoms with Gasteiger partial charge < -0.3 is 10.8 Å². The van der Waals surface area contributed by atoms with Gasteiger partial charge in [0.1, 0.15) is 6.04 Å². The summed E-state index contributed by atoms with van der Waals surface area (Å²) in [6.07, 6.45) is -4.08. The van der Waals surface area contributed by atoms with Gasteiger partial charge in [0.15, 0.2) is 0 Å². The van der Waals surface area contributed by atoms with E-state index in [2.05, 4.69) is 10.3 Å². The van der Waals surface area contributed by atoms with E-state index in [-0.39, 0.29) is 18.7 Å². The minimum absolute atomic E-state index is 0.0681. The van der Waals surface area contributed by atoms with Gasteiger partial charge in [0, 0.05) is 12.6 Å². The van der Waals surface area contributed by atoms with Crippen LogP contribution in [0.4, 0.5) is 13.2 Å². The van der Waals surface area contributed by atoms with Gasteiger partial charge in [0.2, 0.25) is 0 Å². The van der Waals surface area contributed by atoms with Crippen LogP contribution in [0.3, 0.4) is 0 Å². The molecule has 0 radical (unpaired) electrons. The first kappa shape index (κ1) is 13.4. The normalized spacial score (nSPS) is 13.6. The number of carboxylic acids is 1. The Balaban J connectivity index is 2.51. The van der Waals surface area contributed by atoms with E-state index in [1.165, 1.54) is 6.20 Å². The average molecular weight is 252 g/mol. The van der Waals surface area contributed by atoms with Gasteiger partial charge in [0.25, 0.3) is 0 Å². The van der Waals surface area contributed by atoms with Gasteiger partial charge in [-0.25, -0.2) is 0 Å². The zero-order valence-corrected chi connectivity index (χ0v) is 8.68. The van der Waals surface area contributed by atoms with E-state index >= 15 is 0 Å². The molecule has 9 heteroatoms. The number of halogens is 3. The molecule has 0 aliphatic carbocycles. The molecule has 1 unspecified atom stereocenters. The van der Waals surface area contributed by atoms with E-state index in [0.717, 1.165) is 4.68 Å². The fourth-order valence-electron chi connectivity index (χ4n) is 1.10. The number of alkyl halides is 3. The van der Waals surface area contributed by atoms with Crippen LogP contribution in [0.25, 0.3) is 0 Å². The van der Waals surface area contributed by atoms with Crippen molar-refractivity contribution in [1.82, 2.24) is 15.0 Å². The maximum absolute atomic E-state index is 11.9. The van der Waals surface area contributed by atoms with Crippen molar-refractivity contribution in [3.05, 3.63) is 11.9 Å². The third-order valence-electron chi connectivity index (χ3n) is 1.96. The second-order valence-electron chi connectivity index (χ2n) is 3.49. The van der Waals surface area contributed by atoms with Crippen LogP contribution in [0.5, 0.6) is 0 Å². The van der Waals surface area contributed by atoms with Crippen molar-refractivity contribution < 1.29 is 23.1 Å². The van der Waals surface area contributed by atoms with Crippen molar-refractivity contribution in [3.8, 4) is 0 Å². The maximum Gasteiger partial charge on any atom is 0.390 e. The Morgan fingerprint density at radius 1 is 1.59 bits per heavy atom. The van der Waals surface area contributed by atoms with Crippen LogP contribution >= 0.6 is 0 Å². The Hall–Kier alpha value is -1.64. The molecule has 0 saturated heterocycles. The summed E-state index contributed by atoms with van der Waals surface area (Å²) >= 11 is 0. The summed E-state index contributed by atoms with van der Waals surface area (Å²) in [5.74, 6) is -1.20. The van der Waals surface area contributed by atoms with Crippen LogP contribution in [-0.2, 0) is 17.8 Å². The topological polar surface area (TPSA) is 94.0 Å². The number of nitrogens with zero attached hydrogens (tertiary/aromatic N) is 3. The van der Waals surface area contributed by atoms with Gasteiger partial charge in [-0.15, -0.1) is 5.10 Å². The minimum atomic E-state index is -4.26. The Labute approximate surface area is 94.2 Å². The predicted octanol–water partition coefficient (Wildman–Crippen LogP) is 0.185. The zero-order chi connectivity index (χ0) is 13.1. The number of aryl methyl sites for hydroxylation is 1. The second kappa shape index (κ2) is 5.13. The molecule has 6 nitrogen and oxygen atoms in total. The molecule has 0 aromatic carbocycles. The van der Waals surface area contributed by atoms with E-state index in [9.17, 15) is 18.0 Å². The van der Waals surface area contributed by atoms with E-state index in [1.54, 1.807) is 0 Å². The third-order valence-corrected chi connectivity index (χ3v) is 1.96. The van der Waals surface area contributed by atoms with Crippen LogP contribution in [0.1, 0.15) is 12.1 Å². The molecular weight excluding hydrogens is 241 g/mol. The van der Waals surface area contributed by atoms with Crippen LogP contribution in [0.15, 0.2) is 6.20 Å². The van der Waals surface area contributed by atoms with Crippen molar-refractivity contribution in [3.63, 3.8) is 0 Å². The summed E-state index contributed by atoms with van der Waals surface area (Å²) in [4.78, 5) is 10.4. The Morgan fingerprint density at radius 2 is 2.24 bits per heavy atom. The van der Waals surface area contributed by atoms with Crippen LogP contribution in [0.2, 0.25) is 0 Å². The van der Waals surface area contributed by atoms with Gasteiger partial charge in [-0.1, -0.05) is 5.21 Å². The number of hydrogen-bond donors (Lipinski definition) is 2. The number of carboxylic acid groups (broad SMARTS) is 1. The smallest absolute Gasteiger partial charge is 0.390 e. The molecule has 0 bridgehead atoms. The standard InChI is InChI=1S/C8H11F3N4O2/c9-8(10,11)1-2-15-4-5(13-14-15)3-6(12)7(16)17/h4,6H,1-3,12H2,(H,16,17). The monoisotopic (exact) mass is 252 g/mol. The van der Waals surface area contributed by atoms with Gasteiger partial charge in [-0.2, -0.15) is 13.2 Å². The molecule has 3 N–H and O–H groups in total. The fourth-order valence-corrected chi connectivity index (χ4v) is 1.10. The van der Waals surface area contributed by atoms with E-state index in [1.807, 2.05) is 0 Å². The largest absolute Gasteiger partial charge is 0.480 e. The molecule has 1 rings (SSSR count). The zero-order valence-electron chi connectivity index (χ0n) is 8.68. The number of hydrogen-bond acceptors (Lipinski definition) is 4. The molecular formula is C8H11F3N4O2. The maximum atomic E-state index is 11.9. The summed E-state index contributed by atoms with van der Waals surface area (Å²) in [7, 11) is 0. The lowest BCUT2D eigenvalue weighted by atomic mass is 10.2. The predicted molar refractivity (Wildman–Crippen MR) is 50.0 cm³/mol. The molecule has 0 aliphatic rings. The molecule has 1 atom stereocenters. The Kier molecular flexibility index (Phi) is 4.05. The van der Waals surface area contributed by atoms with Crippen molar-refractivity contribution in [1.29, 1.82) is 0 Å². The minimum Gasteiger partial charge on any atom is -0.480 e. The Bertz CT molecular complexity index is 390. The van der Waals surface area contributed by atoms with E-state index in [0.29, 0.717) is 0 Å². The molecule has 0 fully saturated rings. The molecule has 1 aromatic rings. The van der Waals surface area contributed by atoms with Gasteiger partial charge in [-0.3, -0.25) is 9.48 Å². The molecule has 0 aliphatic heterocycles. The summed E-state index contributed by atoms with van der Waals surface area (Å²) in [5.41, 5.74) is 5.50. The molecule has 0 amide bonds. The first-order valence-corrected chi connectivity index (χ1v) is 4.72. The fraction of sp³-hybridized carbons (Fsp3) is 0.625. The lowest BCUT2D eigenvalue weighted by Crippen LogP contribution is -2.32. The third kappa shape index (κ3) is 4.81. The lowest BCUT2D eigenvalue weighted by Gasteiger charge is -2.04. The Morgan fingerprint density at radius 3 is 2.76 bits per heavy atom. The molecule has 1 heterocycles. The highest BCUT2D eigenvalue weighted by atomic mass is 19.4. The van der Waals surface area contributed by atoms with Crippen molar-refractivity contribution in [2.24, 2.45) is 5.73 Å². The lowest BCUT2D eigenvalue weighted by molar-refractivity contribution is -0.138. The van der Waals surface area contributed by atoms with Gasteiger partial charge in [-0.05, 0) is 0 Å². The number of carbonyl (C=O) groups is 1. The van der Waals surface area contributed by atoms with E-state index < -0.39 is 24.6 Å². The highest BCUT2D eigenvalue weighted by Gasteiger charge is 2.27. The first-order chi connectivity index (χ1) is 7.78. The number of aliphatic carboxylic acids is 1. The quantitative estimate of drug-likeness (QED) is 0.779.